The number of fused-ring (bicyclic) bond motifs is 3. The van der Waals surface area contributed by atoms with Crippen LogP contribution >= 0.6 is 12.4 Å². The predicted octanol–water partition coefficient (Wildman–Crippen LogP) is 2.29. The summed E-state index contributed by atoms with van der Waals surface area (Å²) in [6, 6.07) is 9.81. The largest absolute Gasteiger partial charge is 0.460 e. The van der Waals surface area contributed by atoms with Crippen LogP contribution in [0.2, 0.25) is 0 Å². The van der Waals surface area contributed by atoms with Crippen LogP contribution in [-0.4, -0.2) is 36.6 Å². The van der Waals surface area contributed by atoms with Gasteiger partial charge in [0.05, 0.1) is 6.42 Å². The summed E-state index contributed by atoms with van der Waals surface area (Å²) in [6.45, 7) is 3.29. The minimum Gasteiger partial charge on any atom is -0.460 e. The second-order valence-electron chi connectivity index (χ2n) is 5.33. The number of benzene rings is 1. The Morgan fingerprint density at radius 1 is 1.21 bits per heavy atom. The fourth-order valence-corrected chi connectivity index (χ4v) is 3.02. The average molecular weight is 282 g/mol. The maximum atomic E-state index is 11.9. The van der Waals surface area contributed by atoms with Crippen molar-refractivity contribution in [2.75, 3.05) is 19.6 Å². The molecule has 0 radical (unpaired) electrons. The number of carbonyl (C=O) groups excluding carboxylic acids is 1. The maximum absolute atomic E-state index is 11.9. The van der Waals surface area contributed by atoms with Crippen molar-refractivity contribution in [2.45, 2.75) is 25.4 Å². The number of ether oxygens (including phenoxy) is 1. The van der Waals surface area contributed by atoms with Crippen LogP contribution in [0.25, 0.3) is 0 Å². The van der Waals surface area contributed by atoms with Gasteiger partial charge in [0.25, 0.3) is 0 Å². The van der Waals surface area contributed by atoms with Crippen LogP contribution < -0.4 is 0 Å². The number of esters is 1. The van der Waals surface area contributed by atoms with Gasteiger partial charge in [0.2, 0.25) is 0 Å². The highest BCUT2D eigenvalue weighted by Gasteiger charge is 2.36. The Kier molecular flexibility index (Phi) is 4.83. The van der Waals surface area contributed by atoms with E-state index in [1.54, 1.807) is 0 Å². The Morgan fingerprint density at radius 3 is 2.47 bits per heavy atom. The van der Waals surface area contributed by atoms with E-state index in [0.717, 1.165) is 12.1 Å². The Balaban J connectivity index is 0.00000133. The van der Waals surface area contributed by atoms with Crippen LogP contribution in [0.3, 0.4) is 0 Å². The molecule has 3 heterocycles. The number of piperidine rings is 3. The van der Waals surface area contributed by atoms with Gasteiger partial charge in [-0.15, -0.1) is 12.4 Å². The summed E-state index contributed by atoms with van der Waals surface area (Å²) in [5.74, 6) is 0.509. The molecule has 1 aromatic carbocycles. The first-order valence-electron chi connectivity index (χ1n) is 6.77. The molecule has 1 unspecified atom stereocenters. The van der Waals surface area contributed by atoms with Gasteiger partial charge >= 0.3 is 5.97 Å². The van der Waals surface area contributed by atoms with Crippen molar-refractivity contribution in [1.29, 1.82) is 0 Å². The number of hydrogen-bond donors (Lipinski definition) is 0. The molecule has 0 aliphatic carbocycles. The molecule has 104 valence electrons. The molecule has 3 aliphatic rings. The van der Waals surface area contributed by atoms with Gasteiger partial charge < -0.3 is 4.74 Å². The molecule has 3 nitrogen and oxygen atoms in total. The molecular weight excluding hydrogens is 262 g/mol. The molecule has 3 aliphatic heterocycles. The summed E-state index contributed by atoms with van der Waals surface area (Å²) < 4.78 is 5.65. The molecule has 3 fully saturated rings. The van der Waals surface area contributed by atoms with Crippen LogP contribution in [0.15, 0.2) is 30.3 Å². The smallest absolute Gasteiger partial charge is 0.310 e. The molecule has 0 aromatic heterocycles. The molecule has 1 atom stereocenters. The fraction of sp³-hybridized carbons (Fsp3) is 0.533. The van der Waals surface area contributed by atoms with Crippen LogP contribution in [0, 0.1) is 5.92 Å². The average Bonchev–Trinajstić information content (AvgIpc) is 2.41. The van der Waals surface area contributed by atoms with E-state index in [0.29, 0.717) is 12.3 Å². The van der Waals surface area contributed by atoms with Crippen molar-refractivity contribution in [3.8, 4) is 0 Å². The zero-order valence-electron chi connectivity index (χ0n) is 11.0. The second-order valence-corrected chi connectivity index (χ2v) is 5.33. The van der Waals surface area contributed by atoms with E-state index in [1.165, 1.54) is 25.9 Å². The maximum Gasteiger partial charge on any atom is 0.310 e. The van der Waals surface area contributed by atoms with Crippen LogP contribution in [-0.2, 0) is 16.0 Å². The van der Waals surface area contributed by atoms with E-state index >= 15 is 0 Å². The van der Waals surface area contributed by atoms with Gasteiger partial charge in [-0.25, -0.2) is 0 Å². The normalized spacial score (nSPS) is 28.5. The summed E-state index contributed by atoms with van der Waals surface area (Å²) in [7, 11) is 0. The summed E-state index contributed by atoms with van der Waals surface area (Å²) in [4.78, 5) is 14.3. The van der Waals surface area contributed by atoms with Crippen LogP contribution in [0.5, 0.6) is 0 Å². The standard InChI is InChI=1S/C15H19NO2.ClH/c17-15(10-12-4-2-1-3-5-12)18-14-11-16-8-6-13(14)7-9-16;/h1-5,13-14H,6-11H2;1H. The fourth-order valence-electron chi connectivity index (χ4n) is 3.02. The summed E-state index contributed by atoms with van der Waals surface area (Å²) in [6.07, 6.45) is 2.89. The van der Waals surface area contributed by atoms with Crippen molar-refractivity contribution in [1.82, 2.24) is 4.90 Å². The van der Waals surface area contributed by atoms with Gasteiger partial charge in [0.1, 0.15) is 6.10 Å². The molecule has 1 aromatic rings. The van der Waals surface area contributed by atoms with Crippen molar-refractivity contribution < 1.29 is 9.53 Å². The van der Waals surface area contributed by atoms with Crippen molar-refractivity contribution in [3.05, 3.63) is 35.9 Å². The molecule has 0 amide bonds. The molecule has 0 saturated carbocycles. The Bertz CT molecular complexity index is 415. The number of carbonyl (C=O) groups is 1. The highest BCUT2D eigenvalue weighted by Crippen LogP contribution is 2.29. The van der Waals surface area contributed by atoms with E-state index in [2.05, 4.69) is 4.90 Å². The first-order valence-corrected chi connectivity index (χ1v) is 6.77. The SMILES string of the molecule is Cl.O=C(Cc1ccccc1)OC1CN2CCC1CC2. The number of hydrogen-bond acceptors (Lipinski definition) is 3. The van der Waals surface area contributed by atoms with Crippen molar-refractivity contribution in [3.63, 3.8) is 0 Å². The predicted molar refractivity (Wildman–Crippen MR) is 76.4 cm³/mol. The summed E-state index contributed by atoms with van der Waals surface area (Å²) in [5, 5.41) is 0. The molecule has 4 heteroatoms. The van der Waals surface area contributed by atoms with Crippen molar-refractivity contribution in [2.24, 2.45) is 5.92 Å². The number of nitrogens with zero attached hydrogens (tertiary/aromatic N) is 1. The molecular formula is C15H20ClNO2. The zero-order chi connectivity index (χ0) is 12.4. The highest BCUT2D eigenvalue weighted by molar-refractivity contribution is 5.85. The summed E-state index contributed by atoms with van der Waals surface area (Å²) >= 11 is 0. The first-order chi connectivity index (χ1) is 8.81. The first kappa shape index (κ1) is 14.4. The minimum atomic E-state index is -0.0834. The summed E-state index contributed by atoms with van der Waals surface area (Å²) in [5.41, 5.74) is 1.03. The molecule has 0 N–H and O–H groups in total. The lowest BCUT2D eigenvalue weighted by atomic mass is 9.86. The van der Waals surface area contributed by atoms with Gasteiger partial charge in [-0.1, -0.05) is 30.3 Å². The highest BCUT2D eigenvalue weighted by atomic mass is 35.5. The lowest BCUT2D eigenvalue weighted by Crippen LogP contribution is -2.52. The van der Waals surface area contributed by atoms with Gasteiger partial charge in [-0.05, 0) is 37.4 Å². The zero-order valence-corrected chi connectivity index (χ0v) is 11.8. The molecule has 4 rings (SSSR count). The van der Waals surface area contributed by atoms with Gasteiger partial charge in [-0.2, -0.15) is 0 Å². The quantitative estimate of drug-likeness (QED) is 0.796. The molecule has 2 bridgehead atoms. The van der Waals surface area contributed by atoms with E-state index in [9.17, 15) is 4.79 Å². The number of halogens is 1. The minimum absolute atomic E-state index is 0. The van der Waals surface area contributed by atoms with Gasteiger partial charge in [0, 0.05) is 6.54 Å². The third-order valence-corrected chi connectivity index (χ3v) is 4.07. The third-order valence-electron chi connectivity index (χ3n) is 4.07. The molecule has 19 heavy (non-hydrogen) atoms. The Labute approximate surface area is 120 Å². The number of rotatable bonds is 3. The Hall–Kier alpha value is -1.06. The second kappa shape index (κ2) is 6.40. The lowest BCUT2D eigenvalue weighted by molar-refractivity contribution is -0.157. The van der Waals surface area contributed by atoms with E-state index in [4.69, 9.17) is 4.74 Å². The monoisotopic (exact) mass is 281 g/mol. The van der Waals surface area contributed by atoms with E-state index < -0.39 is 0 Å². The molecule has 3 saturated heterocycles. The lowest BCUT2D eigenvalue weighted by Gasteiger charge is -2.43. The van der Waals surface area contributed by atoms with Gasteiger partial charge in [-0.3, -0.25) is 9.69 Å². The van der Waals surface area contributed by atoms with Gasteiger partial charge in [0.15, 0.2) is 0 Å². The van der Waals surface area contributed by atoms with E-state index in [1.807, 2.05) is 30.3 Å². The third kappa shape index (κ3) is 3.48. The van der Waals surface area contributed by atoms with Crippen LogP contribution in [0.4, 0.5) is 0 Å². The topological polar surface area (TPSA) is 29.5 Å². The van der Waals surface area contributed by atoms with Crippen molar-refractivity contribution >= 4 is 18.4 Å². The van der Waals surface area contributed by atoms with E-state index in [-0.39, 0.29) is 24.5 Å². The molecule has 0 spiro atoms. The Morgan fingerprint density at radius 2 is 1.89 bits per heavy atom. The van der Waals surface area contributed by atoms with Crippen LogP contribution in [0.1, 0.15) is 18.4 Å².